The van der Waals surface area contributed by atoms with Crippen LogP contribution in [-0.2, 0) is 21.5 Å². The zero-order valence-electron chi connectivity index (χ0n) is 16.2. The van der Waals surface area contributed by atoms with Crippen molar-refractivity contribution in [2.45, 2.75) is 37.3 Å². The molecule has 150 valence electrons. The van der Waals surface area contributed by atoms with Gasteiger partial charge in [0.2, 0.25) is 5.91 Å². The highest BCUT2D eigenvalue weighted by molar-refractivity contribution is 6.30. The van der Waals surface area contributed by atoms with E-state index in [1.807, 2.05) is 42.5 Å². The first-order valence-electron chi connectivity index (χ1n) is 9.60. The lowest BCUT2D eigenvalue weighted by Crippen LogP contribution is -2.49. The maximum absolute atomic E-state index is 13.0. The molecule has 1 heterocycles. The number of guanidine groups is 1. The van der Waals surface area contributed by atoms with Crippen LogP contribution in [-0.4, -0.2) is 34.8 Å². The van der Waals surface area contributed by atoms with Crippen LogP contribution in [0.15, 0.2) is 59.6 Å². The number of hydrogen-bond donors (Lipinski definition) is 2. The van der Waals surface area contributed by atoms with Crippen LogP contribution in [0, 0.1) is 0 Å². The molecule has 2 amide bonds. The molecule has 4 rings (SSSR count). The molecule has 0 spiro atoms. The van der Waals surface area contributed by atoms with Crippen molar-refractivity contribution in [2.24, 2.45) is 10.7 Å². The maximum atomic E-state index is 13.0. The normalized spacial score (nSPS) is 22.3. The summed E-state index contributed by atoms with van der Waals surface area (Å²) in [4.78, 5) is 31.7. The molecule has 1 atom stereocenters. The first kappa shape index (κ1) is 19.5. The van der Waals surface area contributed by atoms with E-state index in [1.165, 1.54) is 4.90 Å². The molecule has 0 aromatic heterocycles. The topological polar surface area (TPSA) is 87.8 Å². The molecule has 6 nitrogen and oxygen atoms in total. The Labute approximate surface area is 174 Å². The van der Waals surface area contributed by atoms with Gasteiger partial charge in [-0.1, -0.05) is 54.1 Å². The first-order chi connectivity index (χ1) is 13.8. The maximum Gasteiger partial charge on any atom is 0.259 e. The van der Waals surface area contributed by atoms with Crippen molar-refractivity contribution >= 4 is 29.4 Å². The Bertz CT molecular complexity index is 987. The van der Waals surface area contributed by atoms with Gasteiger partial charge in [-0.3, -0.25) is 14.5 Å². The number of rotatable bonds is 6. The third-order valence-electron chi connectivity index (χ3n) is 5.68. The van der Waals surface area contributed by atoms with Crippen LogP contribution in [0.1, 0.15) is 30.9 Å². The summed E-state index contributed by atoms with van der Waals surface area (Å²) in [6.45, 7) is 2.08. The number of amides is 2. The summed E-state index contributed by atoms with van der Waals surface area (Å²) in [5.41, 5.74) is 6.29. The van der Waals surface area contributed by atoms with Crippen LogP contribution in [0.4, 0.5) is 0 Å². The zero-order valence-corrected chi connectivity index (χ0v) is 16.9. The molecule has 1 unspecified atom stereocenters. The number of nitrogens with one attached hydrogen (secondary N) is 1. The monoisotopic (exact) mass is 410 g/mol. The summed E-state index contributed by atoms with van der Waals surface area (Å²) < 4.78 is 0. The molecule has 2 aromatic rings. The van der Waals surface area contributed by atoms with Crippen LogP contribution in [0.2, 0.25) is 5.02 Å². The number of aliphatic imine (C=N–C) groups is 1. The zero-order chi connectivity index (χ0) is 20.6. The van der Waals surface area contributed by atoms with Crippen molar-refractivity contribution in [1.29, 1.82) is 0 Å². The van der Waals surface area contributed by atoms with Gasteiger partial charge >= 0.3 is 0 Å². The number of nitrogens with zero attached hydrogens (tertiary/aromatic N) is 2. The second kappa shape index (κ2) is 7.19. The van der Waals surface area contributed by atoms with Crippen LogP contribution in [0.25, 0.3) is 0 Å². The lowest BCUT2D eigenvalue weighted by molar-refractivity contribution is -0.131. The molecule has 0 radical (unpaired) electrons. The molecule has 1 aliphatic carbocycles. The number of carbonyl (C=O) groups excluding carboxylic acids is 2. The van der Waals surface area contributed by atoms with Gasteiger partial charge in [0.1, 0.15) is 0 Å². The van der Waals surface area contributed by atoms with Crippen molar-refractivity contribution < 1.29 is 9.59 Å². The Morgan fingerprint density at radius 1 is 1.21 bits per heavy atom. The summed E-state index contributed by atoms with van der Waals surface area (Å²) in [5.74, 6) is -0.157. The number of benzene rings is 2. The Morgan fingerprint density at radius 3 is 2.59 bits per heavy atom. The minimum absolute atomic E-state index is 0.0696. The van der Waals surface area contributed by atoms with Crippen molar-refractivity contribution in [3.63, 3.8) is 0 Å². The molecule has 2 aliphatic rings. The van der Waals surface area contributed by atoms with E-state index in [2.05, 4.69) is 10.3 Å². The van der Waals surface area contributed by atoms with Gasteiger partial charge in [-0.2, -0.15) is 0 Å². The highest BCUT2D eigenvalue weighted by Gasteiger charge is 2.52. The van der Waals surface area contributed by atoms with Crippen molar-refractivity contribution in [3.8, 4) is 0 Å². The van der Waals surface area contributed by atoms with Gasteiger partial charge in [0.25, 0.3) is 5.91 Å². The second-order valence-corrected chi connectivity index (χ2v) is 8.33. The molecule has 1 saturated carbocycles. The van der Waals surface area contributed by atoms with Crippen molar-refractivity contribution in [3.05, 3.63) is 70.7 Å². The highest BCUT2D eigenvalue weighted by atomic mass is 35.5. The number of carbonyl (C=O) groups is 2. The molecule has 1 aliphatic heterocycles. The van der Waals surface area contributed by atoms with Gasteiger partial charge < -0.3 is 11.1 Å². The van der Waals surface area contributed by atoms with E-state index in [0.29, 0.717) is 5.02 Å². The van der Waals surface area contributed by atoms with Crippen LogP contribution < -0.4 is 11.1 Å². The summed E-state index contributed by atoms with van der Waals surface area (Å²) in [5, 5.41) is 3.53. The summed E-state index contributed by atoms with van der Waals surface area (Å²) in [6.07, 6.45) is 1.61. The van der Waals surface area contributed by atoms with Crippen molar-refractivity contribution in [1.82, 2.24) is 10.2 Å². The molecular formula is C22H23ClN4O2. The predicted octanol–water partition coefficient (Wildman–Crippen LogP) is 2.60. The third kappa shape index (κ3) is 3.60. The largest absolute Gasteiger partial charge is 0.369 e. The Kier molecular flexibility index (Phi) is 4.82. The van der Waals surface area contributed by atoms with Gasteiger partial charge in [0.15, 0.2) is 11.5 Å². The average Bonchev–Trinajstić information content (AvgIpc) is 3.49. The molecule has 2 aromatic carbocycles. The van der Waals surface area contributed by atoms with E-state index in [4.69, 9.17) is 17.3 Å². The lowest BCUT2D eigenvalue weighted by atomic mass is 9.94. The van der Waals surface area contributed by atoms with Crippen LogP contribution in [0.5, 0.6) is 0 Å². The van der Waals surface area contributed by atoms with Gasteiger partial charge in [-0.05, 0) is 43.0 Å². The quantitative estimate of drug-likeness (QED) is 0.767. The van der Waals surface area contributed by atoms with E-state index < -0.39 is 11.0 Å². The molecule has 3 N–H and O–H groups in total. The van der Waals surface area contributed by atoms with Gasteiger partial charge in [-0.25, -0.2) is 4.99 Å². The average molecular weight is 411 g/mol. The van der Waals surface area contributed by atoms with E-state index in [1.54, 1.807) is 19.1 Å². The lowest BCUT2D eigenvalue weighted by Gasteiger charge is -2.24. The fourth-order valence-corrected chi connectivity index (χ4v) is 4.01. The second-order valence-electron chi connectivity index (χ2n) is 7.90. The minimum Gasteiger partial charge on any atom is -0.369 e. The van der Waals surface area contributed by atoms with Gasteiger partial charge in [-0.15, -0.1) is 0 Å². The highest BCUT2D eigenvalue weighted by Crippen LogP contribution is 2.48. The number of nitrogens with two attached hydrogens (primary N) is 1. The first-order valence-corrected chi connectivity index (χ1v) is 9.97. The molecule has 0 saturated heterocycles. The third-order valence-corrected chi connectivity index (χ3v) is 5.91. The fraction of sp³-hybridized carbons (Fsp3) is 0.318. The van der Waals surface area contributed by atoms with E-state index in [-0.39, 0.29) is 30.9 Å². The Hall–Kier alpha value is -2.86. The Balaban J connectivity index is 1.44. The fourth-order valence-electron chi connectivity index (χ4n) is 3.79. The molecule has 0 bridgehead atoms. The molecule has 1 fully saturated rings. The standard InChI is InChI=1S/C22H23ClN4O2/c1-21(14-25-18(28)22(10-11-22)16-7-3-2-4-8-16)19(29)27(20(24)26-21)13-15-6-5-9-17(23)12-15/h2-9,12H,10-11,13-14H2,1H3,(H2,24,26)(H,25,28). The van der Waals surface area contributed by atoms with E-state index in [9.17, 15) is 9.59 Å². The van der Waals surface area contributed by atoms with Crippen LogP contribution in [0.3, 0.4) is 0 Å². The SMILES string of the molecule is CC1(CNC(=O)C2(c3ccccc3)CC2)N=C(N)N(Cc2cccc(Cl)c2)C1=O. The molecule has 7 heteroatoms. The van der Waals surface area contributed by atoms with Crippen LogP contribution >= 0.6 is 11.6 Å². The smallest absolute Gasteiger partial charge is 0.259 e. The number of halogens is 1. The number of hydrogen-bond acceptors (Lipinski definition) is 4. The summed E-state index contributed by atoms with van der Waals surface area (Å²) in [6, 6.07) is 17.0. The van der Waals surface area contributed by atoms with Crippen molar-refractivity contribution in [2.75, 3.05) is 6.54 Å². The van der Waals surface area contributed by atoms with Gasteiger partial charge in [0, 0.05) is 5.02 Å². The Morgan fingerprint density at radius 2 is 1.93 bits per heavy atom. The summed E-state index contributed by atoms with van der Waals surface area (Å²) >= 11 is 6.03. The van der Waals surface area contributed by atoms with Gasteiger partial charge in [0.05, 0.1) is 18.5 Å². The van der Waals surface area contributed by atoms with E-state index in [0.717, 1.165) is 24.0 Å². The molecular weight excluding hydrogens is 388 g/mol. The molecule has 29 heavy (non-hydrogen) atoms. The minimum atomic E-state index is -1.12. The predicted molar refractivity (Wildman–Crippen MR) is 112 cm³/mol. The summed E-state index contributed by atoms with van der Waals surface area (Å²) in [7, 11) is 0. The van der Waals surface area contributed by atoms with E-state index >= 15 is 0 Å².